The van der Waals surface area contributed by atoms with Crippen molar-refractivity contribution in [3.05, 3.63) is 57.9 Å². The molecule has 8 heteroatoms. The molecule has 0 fully saturated rings. The Bertz CT molecular complexity index is 814. The van der Waals surface area contributed by atoms with E-state index in [-0.39, 0.29) is 11.1 Å². The number of benzene rings is 1. The van der Waals surface area contributed by atoms with Gasteiger partial charge in [-0.15, -0.1) is 0 Å². The summed E-state index contributed by atoms with van der Waals surface area (Å²) in [7, 11) is 2.44. The van der Waals surface area contributed by atoms with E-state index in [1.807, 2.05) is 11.8 Å². The first-order chi connectivity index (χ1) is 13.6. The van der Waals surface area contributed by atoms with Crippen LogP contribution in [0.25, 0.3) is 0 Å². The molecule has 0 bridgehead atoms. The average molecular weight is 411 g/mol. The van der Waals surface area contributed by atoms with Gasteiger partial charge in [-0.25, -0.2) is 9.59 Å². The first-order valence-corrected chi connectivity index (χ1v) is 9.11. The Morgan fingerprint density at radius 1 is 0.966 bits per heavy atom. The summed E-state index contributed by atoms with van der Waals surface area (Å²) in [6.45, 7) is 5.98. The summed E-state index contributed by atoms with van der Waals surface area (Å²) in [6, 6.07) is 4.41. The third-order valence-corrected chi connectivity index (χ3v) is 5.00. The van der Waals surface area contributed by atoms with Crippen LogP contribution in [0.1, 0.15) is 44.2 Å². The molecular weight excluding hydrogens is 387 g/mol. The van der Waals surface area contributed by atoms with E-state index < -0.39 is 29.6 Å². The zero-order valence-electron chi connectivity index (χ0n) is 17.0. The van der Waals surface area contributed by atoms with Crippen molar-refractivity contribution in [3.8, 4) is 0 Å². The van der Waals surface area contributed by atoms with Crippen LogP contribution < -0.4 is 0 Å². The maximum Gasteiger partial charge on any atom is 0.416 e. The molecule has 0 radical (unpaired) electrons. The molecular formula is C21H24F3NO4. The van der Waals surface area contributed by atoms with Crippen LogP contribution in [-0.2, 0) is 25.2 Å². The summed E-state index contributed by atoms with van der Waals surface area (Å²) in [5.74, 6) is -2.20. The van der Waals surface area contributed by atoms with E-state index >= 15 is 0 Å². The predicted molar refractivity (Wildman–Crippen MR) is 101 cm³/mol. The smallest absolute Gasteiger partial charge is 0.416 e. The molecule has 0 N–H and O–H groups in total. The van der Waals surface area contributed by atoms with Gasteiger partial charge in [-0.2, -0.15) is 13.2 Å². The molecule has 1 aromatic carbocycles. The van der Waals surface area contributed by atoms with Crippen molar-refractivity contribution >= 4 is 11.9 Å². The van der Waals surface area contributed by atoms with Gasteiger partial charge in [0.05, 0.1) is 36.8 Å². The third kappa shape index (κ3) is 4.31. The lowest BCUT2D eigenvalue weighted by molar-refractivity contribution is -0.138. The highest BCUT2D eigenvalue weighted by Gasteiger charge is 2.40. The van der Waals surface area contributed by atoms with Gasteiger partial charge >= 0.3 is 18.1 Å². The first-order valence-electron chi connectivity index (χ1n) is 9.11. The molecule has 1 aliphatic rings. The normalized spacial score (nSPS) is 15.7. The lowest BCUT2D eigenvalue weighted by atomic mass is 9.79. The van der Waals surface area contributed by atoms with Gasteiger partial charge in [0.2, 0.25) is 0 Å². The highest BCUT2D eigenvalue weighted by Crippen LogP contribution is 2.43. The molecule has 0 aliphatic carbocycles. The lowest BCUT2D eigenvalue weighted by Gasteiger charge is -2.37. The minimum absolute atomic E-state index is 0.201. The SMILES string of the molecule is CCCN1C(C)=C(C(=O)OC)C(c2ccc(C(F)(F)F)cc2)C(C(=O)OC)=C1C. The average Bonchev–Trinajstić information content (AvgIpc) is 2.69. The molecule has 0 saturated carbocycles. The number of methoxy groups -OCH3 is 2. The predicted octanol–water partition coefficient (Wildman–Crippen LogP) is 4.41. The Hall–Kier alpha value is -2.77. The number of nitrogens with zero attached hydrogens (tertiary/aromatic N) is 1. The van der Waals surface area contributed by atoms with E-state index in [1.165, 1.54) is 26.4 Å². The van der Waals surface area contributed by atoms with Gasteiger partial charge in [0, 0.05) is 17.9 Å². The third-order valence-electron chi connectivity index (χ3n) is 5.00. The van der Waals surface area contributed by atoms with Gasteiger partial charge in [-0.3, -0.25) is 0 Å². The highest BCUT2D eigenvalue weighted by atomic mass is 19.4. The summed E-state index contributed by atoms with van der Waals surface area (Å²) < 4.78 is 48.8. The van der Waals surface area contributed by atoms with Crippen LogP contribution in [0.5, 0.6) is 0 Å². The number of hydrogen-bond acceptors (Lipinski definition) is 5. The van der Waals surface area contributed by atoms with Gasteiger partial charge in [-0.05, 0) is 38.0 Å². The topological polar surface area (TPSA) is 55.8 Å². The van der Waals surface area contributed by atoms with Crippen LogP contribution in [-0.4, -0.2) is 37.6 Å². The van der Waals surface area contributed by atoms with Crippen LogP contribution in [0.3, 0.4) is 0 Å². The van der Waals surface area contributed by atoms with E-state index in [9.17, 15) is 22.8 Å². The van der Waals surface area contributed by atoms with Crippen molar-refractivity contribution in [1.82, 2.24) is 4.90 Å². The largest absolute Gasteiger partial charge is 0.466 e. The Labute approximate surface area is 167 Å². The molecule has 1 aliphatic heterocycles. The summed E-state index contributed by atoms with van der Waals surface area (Å²) in [6.07, 6.45) is -3.74. The Balaban J connectivity index is 2.74. The molecule has 1 aromatic rings. The quantitative estimate of drug-likeness (QED) is 0.672. The minimum atomic E-state index is -4.49. The molecule has 158 valence electrons. The lowest BCUT2D eigenvalue weighted by Crippen LogP contribution is -2.35. The molecule has 0 unspecified atom stereocenters. The Morgan fingerprint density at radius 2 is 1.41 bits per heavy atom. The van der Waals surface area contributed by atoms with Crippen molar-refractivity contribution in [2.75, 3.05) is 20.8 Å². The van der Waals surface area contributed by atoms with Crippen LogP contribution in [0.2, 0.25) is 0 Å². The second kappa shape index (κ2) is 8.71. The number of alkyl halides is 3. The van der Waals surface area contributed by atoms with Gasteiger partial charge in [-0.1, -0.05) is 19.1 Å². The molecule has 29 heavy (non-hydrogen) atoms. The second-order valence-electron chi connectivity index (χ2n) is 6.69. The standard InChI is InChI=1S/C21H24F3NO4/c1-6-11-25-12(2)16(19(26)28-4)18(17(13(25)3)20(27)29-5)14-7-9-15(10-8-14)21(22,23)24/h7-10,18H,6,11H2,1-5H3. The molecule has 0 spiro atoms. The zero-order chi connectivity index (χ0) is 21.9. The summed E-state index contributed by atoms with van der Waals surface area (Å²) in [4.78, 5) is 27.1. The summed E-state index contributed by atoms with van der Waals surface area (Å²) in [5, 5.41) is 0. The Kier molecular flexibility index (Phi) is 6.77. The van der Waals surface area contributed by atoms with Crippen LogP contribution in [0.4, 0.5) is 13.2 Å². The van der Waals surface area contributed by atoms with E-state index in [0.717, 1.165) is 18.6 Å². The maximum atomic E-state index is 13.0. The zero-order valence-corrected chi connectivity index (χ0v) is 17.0. The van der Waals surface area contributed by atoms with Gasteiger partial charge < -0.3 is 14.4 Å². The second-order valence-corrected chi connectivity index (χ2v) is 6.69. The van der Waals surface area contributed by atoms with E-state index in [0.29, 0.717) is 23.5 Å². The molecule has 2 rings (SSSR count). The number of rotatable bonds is 5. The number of esters is 2. The van der Waals surface area contributed by atoms with Crippen molar-refractivity contribution in [2.24, 2.45) is 0 Å². The number of carbonyl (C=O) groups excluding carboxylic acids is 2. The molecule has 0 atom stereocenters. The highest BCUT2D eigenvalue weighted by molar-refractivity contribution is 5.99. The minimum Gasteiger partial charge on any atom is -0.466 e. The summed E-state index contributed by atoms with van der Waals surface area (Å²) in [5.41, 5.74) is 1.14. The molecule has 0 saturated heterocycles. The number of carbonyl (C=O) groups is 2. The van der Waals surface area contributed by atoms with E-state index in [2.05, 4.69) is 0 Å². The van der Waals surface area contributed by atoms with Gasteiger partial charge in [0.1, 0.15) is 0 Å². The number of hydrogen-bond donors (Lipinski definition) is 0. The van der Waals surface area contributed by atoms with E-state index in [1.54, 1.807) is 13.8 Å². The van der Waals surface area contributed by atoms with Crippen molar-refractivity contribution < 1.29 is 32.2 Å². The van der Waals surface area contributed by atoms with Gasteiger partial charge in [0.15, 0.2) is 0 Å². The monoisotopic (exact) mass is 411 g/mol. The van der Waals surface area contributed by atoms with E-state index in [4.69, 9.17) is 9.47 Å². The Morgan fingerprint density at radius 3 is 1.76 bits per heavy atom. The fourth-order valence-corrected chi connectivity index (χ4v) is 3.61. The molecule has 1 heterocycles. The maximum absolute atomic E-state index is 13.0. The van der Waals surface area contributed by atoms with Crippen molar-refractivity contribution in [3.63, 3.8) is 0 Å². The molecule has 0 aromatic heterocycles. The number of halogens is 3. The van der Waals surface area contributed by atoms with Crippen molar-refractivity contribution in [1.29, 1.82) is 0 Å². The molecule has 5 nitrogen and oxygen atoms in total. The fourth-order valence-electron chi connectivity index (χ4n) is 3.61. The molecule has 0 amide bonds. The van der Waals surface area contributed by atoms with Gasteiger partial charge in [0.25, 0.3) is 0 Å². The number of allylic oxidation sites excluding steroid dienone is 2. The first kappa shape index (κ1) is 22.5. The van der Waals surface area contributed by atoms with Crippen LogP contribution >= 0.6 is 0 Å². The number of ether oxygens (including phenoxy) is 2. The van der Waals surface area contributed by atoms with Crippen molar-refractivity contribution in [2.45, 2.75) is 39.3 Å². The van der Waals surface area contributed by atoms with Crippen LogP contribution in [0.15, 0.2) is 46.8 Å². The fraction of sp³-hybridized carbons (Fsp3) is 0.429. The summed E-state index contributed by atoms with van der Waals surface area (Å²) >= 11 is 0. The van der Waals surface area contributed by atoms with Crippen LogP contribution in [0, 0.1) is 0 Å².